The zero-order chi connectivity index (χ0) is 25.8. The fourth-order valence-electron chi connectivity index (χ4n) is 4.84. The normalized spacial score (nSPS) is 20.1. The quantitative estimate of drug-likeness (QED) is 0.571. The van der Waals surface area contributed by atoms with Crippen molar-refractivity contribution in [2.45, 2.75) is 19.4 Å². The molecule has 0 aliphatic carbocycles. The second-order valence-electron chi connectivity index (χ2n) is 9.09. The molecule has 37 heavy (non-hydrogen) atoms. The minimum absolute atomic E-state index is 0.150. The van der Waals surface area contributed by atoms with Crippen molar-refractivity contribution in [3.05, 3.63) is 71.4 Å². The molecule has 0 aromatic heterocycles. The molecule has 0 radical (unpaired) electrons. The van der Waals surface area contributed by atoms with E-state index in [0.717, 1.165) is 5.56 Å². The van der Waals surface area contributed by atoms with E-state index >= 15 is 0 Å². The lowest BCUT2D eigenvalue weighted by molar-refractivity contribution is -0.130. The number of likely N-dealkylation sites (N-methyl/N-ethyl adjacent to an activating group) is 1. The van der Waals surface area contributed by atoms with Crippen LogP contribution in [0.25, 0.3) is 0 Å². The molecule has 2 aromatic rings. The number of rotatable bonds is 8. The van der Waals surface area contributed by atoms with E-state index in [-0.39, 0.29) is 37.4 Å². The summed E-state index contributed by atoms with van der Waals surface area (Å²) in [5, 5.41) is 4.83. The van der Waals surface area contributed by atoms with E-state index in [1.807, 2.05) is 66.5 Å². The number of amides is 4. The molecule has 1 unspecified atom stereocenters. The topological polar surface area (TPSA) is 103 Å². The third-order valence-corrected chi connectivity index (χ3v) is 6.69. The first kappa shape index (κ1) is 24.8. The second-order valence-corrected chi connectivity index (χ2v) is 9.09. The number of hydrazine groups is 1. The molecule has 3 aliphatic rings. The number of nitrogens with one attached hydrogen (secondary N) is 2. The Morgan fingerprint density at radius 3 is 2.59 bits per heavy atom. The van der Waals surface area contributed by atoms with Crippen LogP contribution in [0.15, 0.2) is 65.9 Å². The minimum Gasteiger partial charge on any atom is -0.457 e. The molecule has 3 heterocycles. The molecule has 0 bridgehead atoms. The summed E-state index contributed by atoms with van der Waals surface area (Å²) in [4.78, 5) is 42.3. The van der Waals surface area contributed by atoms with Crippen LogP contribution in [0.3, 0.4) is 0 Å². The molecule has 10 heteroatoms. The molecule has 5 rings (SSSR count). The Hall–Kier alpha value is -3.89. The standard InChI is InChI=1S/C27H31N5O5/c1-2-32-22-18-30(12-11-23(33)29-31-13-15-36-16-14-31)26(34)24(22)25(28-27(32)35)19-7-6-10-21(17-19)37-20-8-4-3-5-9-20/h3-10,17,25H,2,11-16,18H2,1H3,(H,28,35)(H,29,33). The largest absolute Gasteiger partial charge is 0.457 e. The van der Waals surface area contributed by atoms with Gasteiger partial charge in [-0.2, -0.15) is 0 Å². The molecule has 0 saturated carbocycles. The maximum atomic E-state index is 13.6. The summed E-state index contributed by atoms with van der Waals surface area (Å²) in [6.07, 6.45) is 0.169. The van der Waals surface area contributed by atoms with Crippen molar-refractivity contribution >= 4 is 17.8 Å². The fourth-order valence-corrected chi connectivity index (χ4v) is 4.84. The van der Waals surface area contributed by atoms with Crippen LogP contribution in [0.2, 0.25) is 0 Å². The summed E-state index contributed by atoms with van der Waals surface area (Å²) in [5.41, 5.74) is 4.85. The minimum atomic E-state index is -0.607. The lowest BCUT2D eigenvalue weighted by Crippen LogP contribution is -2.49. The SMILES string of the molecule is CCN1C(=O)NC(c2cccc(Oc3ccccc3)c2)C2=C1CN(CCC(=O)NN1CCOCC1)C2=O. The molecule has 2 N–H and O–H groups in total. The van der Waals surface area contributed by atoms with Crippen LogP contribution in [-0.2, 0) is 14.3 Å². The Bertz CT molecular complexity index is 1190. The van der Waals surface area contributed by atoms with Gasteiger partial charge in [-0.25, -0.2) is 9.80 Å². The number of para-hydroxylation sites is 1. The van der Waals surface area contributed by atoms with Gasteiger partial charge in [0.05, 0.1) is 37.1 Å². The van der Waals surface area contributed by atoms with E-state index in [1.54, 1.807) is 9.80 Å². The molecule has 3 aliphatic heterocycles. The van der Waals surface area contributed by atoms with Gasteiger partial charge in [-0.1, -0.05) is 30.3 Å². The van der Waals surface area contributed by atoms with Gasteiger partial charge in [-0.15, -0.1) is 0 Å². The van der Waals surface area contributed by atoms with Crippen molar-refractivity contribution in [2.24, 2.45) is 0 Å². The maximum Gasteiger partial charge on any atom is 0.322 e. The summed E-state index contributed by atoms with van der Waals surface area (Å²) in [6.45, 7) is 5.29. The molecular weight excluding hydrogens is 474 g/mol. The Labute approximate surface area is 215 Å². The van der Waals surface area contributed by atoms with Gasteiger partial charge in [0.15, 0.2) is 0 Å². The highest BCUT2D eigenvalue weighted by Crippen LogP contribution is 2.37. The Morgan fingerprint density at radius 1 is 1.08 bits per heavy atom. The Morgan fingerprint density at radius 2 is 1.84 bits per heavy atom. The monoisotopic (exact) mass is 505 g/mol. The summed E-state index contributed by atoms with van der Waals surface area (Å²) < 4.78 is 11.3. The Kier molecular flexibility index (Phi) is 7.38. The summed E-state index contributed by atoms with van der Waals surface area (Å²) in [6, 6.07) is 16.0. The van der Waals surface area contributed by atoms with Gasteiger partial charge >= 0.3 is 6.03 Å². The van der Waals surface area contributed by atoms with E-state index < -0.39 is 6.04 Å². The van der Waals surface area contributed by atoms with Crippen LogP contribution < -0.4 is 15.5 Å². The van der Waals surface area contributed by atoms with E-state index in [2.05, 4.69) is 10.7 Å². The number of carbonyl (C=O) groups is 3. The molecule has 1 saturated heterocycles. The summed E-state index contributed by atoms with van der Waals surface area (Å²) in [5.74, 6) is 0.985. The third-order valence-electron chi connectivity index (χ3n) is 6.69. The van der Waals surface area contributed by atoms with Gasteiger partial charge in [-0.3, -0.25) is 19.9 Å². The highest BCUT2D eigenvalue weighted by atomic mass is 16.5. The molecule has 1 atom stereocenters. The molecule has 4 amide bonds. The van der Waals surface area contributed by atoms with Crippen molar-refractivity contribution in [1.29, 1.82) is 0 Å². The van der Waals surface area contributed by atoms with E-state index in [1.165, 1.54) is 0 Å². The van der Waals surface area contributed by atoms with Crippen LogP contribution in [0.5, 0.6) is 11.5 Å². The van der Waals surface area contributed by atoms with Crippen molar-refractivity contribution in [3.63, 3.8) is 0 Å². The van der Waals surface area contributed by atoms with Crippen LogP contribution >= 0.6 is 0 Å². The highest BCUT2D eigenvalue weighted by molar-refractivity contribution is 6.01. The number of urea groups is 1. The first-order chi connectivity index (χ1) is 18.0. The zero-order valence-corrected chi connectivity index (χ0v) is 20.8. The molecule has 194 valence electrons. The predicted octanol–water partition coefficient (Wildman–Crippen LogP) is 2.41. The first-order valence-corrected chi connectivity index (χ1v) is 12.6. The predicted molar refractivity (Wildman–Crippen MR) is 135 cm³/mol. The number of morpholine rings is 1. The lowest BCUT2D eigenvalue weighted by Gasteiger charge is -2.33. The van der Waals surface area contributed by atoms with Gasteiger partial charge in [-0.05, 0) is 36.8 Å². The van der Waals surface area contributed by atoms with Crippen LogP contribution in [-0.4, -0.2) is 78.6 Å². The van der Waals surface area contributed by atoms with Gasteiger partial charge in [0, 0.05) is 32.6 Å². The number of hydrogen-bond donors (Lipinski definition) is 2. The van der Waals surface area contributed by atoms with Gasteiger partial charge < -0.3 is 19.7 Å². The molecular formula is C27H31N5O5. The van der Waals surface area contributed by atoms with Crippen molar-refractivity contribution in [3.8, 4) is 11.5 Å². The number of ether oxygens (including phenoxy) is 2. The Balaban J connectivity index is 1.32. The molecule has 0 spiro atoms. The van der Waals surface area contributed by atoms with Gasteiger partial charge in [0.2, 0.25) is 5.91 Å². The zero-order valence-electron chi connectivity index (χ0n) is 20.8. The molecule has 10 nitrogen and oxygen atoms in total. The van der Waals surface area contributed by atoms with E-state index in [0.29, 0.717) is 55.6 Å². The molecule has 2 aromatic carbocycles. The number of hydrogen-bond acceptors (Lipinski definition) is 6. The van der Waals surface area contributed by atoms with E-state index in [9.17, 15) is 14.4 Å². The van der Waals surface area contributed by atoms with Crippen molar-refractivity contribution < 1.29 is 23.9 Å². The average Bonchev–Trinajstić information content (AvgIpc) is 3.24. The van der Waals surface area contributed by atoms with Crippen LogP contribution in [0, 0.1) is 0 Å². The number of nitrogens with zero attached hydrogens (tertiary/aromatic N) is 3. The summed E-state index contributed by atoms with van der Waals surface area (Å²) in [7, 11) is 0. The van der Waals surface area contributed by atoms with Crippen molar-refractivity contribution in [1.82, 2.24) is 25.6 Å². The smallest absolute Gasteiger partial charge is 0.322 e. The molecule has 1 fully saturated rings. The first-order valence-electron chi connectivity index (χ1n) is 12.6. The average molecular weight is 506 g/mol. The van der Waals surface area contributed by atoms with Gasteiger partial charge in [0.1, 0.15) is 11.5 Å². The number of benzene rings is 2. The van der Waals surface area contributed by atoms with Crippen molar-refractivity contribution in [2.75, 3.05) is 45.9 Å². The van der Waals surface area contributed by atoms with Crippen LogP contribution in [0.1, 0.15) is 24.9 Å². The highest BCUT2D eigenvalue weighted by Gasteiger charge is 2.43. The third kappa shape index (κ3) is 5.45. The van der Waals surface area contributed by atoms with E-state index in [4.69, 9.17) is 9.47 Å². The maximum absolute atomic E-state index is 13.6. The summed E-state index contributed by atoms with van der Waals surface area (Å²) >= 11 is 0. The lowest BCUT2D eigenvalue weighted by atomic mass is 9.95. The van der Waals surface area contributed by atoms with Gasteiger partial charge in [0.25, 0.3) is 5.91 Å². The number of carbonyl (C=O) groups excluding carboxylic acids is 3. The second kappa shape index (κ2) is 11.0. The van der Waals surface area contributed by atoms with Crippen LogP contribution in [0.4, 0.5) is 4.79 Å². The fraction of sp³-hybridized carbons (Fsp3) is 0.370.